The normalized spacial score (nSPS) is 12.6. The summed E-state index contributed by atoms with van der Waals surface area (Å²) >= 11 is 10.9. The maximum absolute atomic E-state index is 14.4. The number of esters is 1. The van der Waals surface area contributed by atoms with Gasteiger partial charge >= 0.3 is 5.97 Å². The zero-order valence-electron chi connectivity index (χ0n) is 36.2. The first-order valence-electron chi connectivity index (χ1n) is 21.7. The molecule has 0 radical (unpaired) electrons. The van der Waals surface area contributed by atoms with E-state index in [1.807, 2.05) is 103 Å². The third-order valence-corrected chi connectivity index (χ3v) is 13.0. The van der Waals surface area contributed by atoms with E-state index >= 15 is 0 Å². The van der Waals surface area contributed by atoms with Crippen LogP contribution in [0.15, 0.2) is 143 Å². The van der Waals surface area contributed by atoms with Crippen LogP contribution in [0.2, 0.25) is 5.15 Å². The third-order valence-electron chi connectivity index (χ3n) is 11.9. The van der Waals surface area contributed by atoms with Gasteiger partial charge in [0, 0.05) is 27.6 Å². The molecule has 326 valence electrons. The number of carbonyl (C=O) groups is 2. The Kier molecular flexibility index (Phi) is 13.5. The summed E-state index contributed by atoms with van der Waals surface area (Å²) in [5.41, 5.74) is 7.14. The van der Waals surface area contributed by atoms with Gasteiger partial charge in [-0.15, -0.1) is 15.0 Å². The van der Waals surface area contributed by atoms with Crippen molar-refractivity contribution in [2.45, 2.75) is 71.5 Å². The molecule has 64 heavy (non-hydrogen) atoms. The van der Waals surface area contributed by atoms with Crippen LogP contribution in [0.5, 0.6) is 0 Å². The lowest BCUT2D eigenvalue weighted by molar-refractivity contribution is -0.146. The molecule has 11 nitrogen and oxygen atoms in total. The number of nitrogens with one attached hydrogen (secondary N) is 1. The number of imidazole rings is 1. The van der Waals surface area contributed by atoms with Crippen molar-refractivity contribution in [1.29, 1.82) is 0 Å². The number of amides is 1. The second kappa shape index (κ2) is 19.6. The van der Waals surface area contributed by atoms with Crippen molar-refractivity contribution in [2.24, 2.45) is 5.92 Å². The van der Waals surface area contributed by atoms with E-state index in [4.69, 9.17) is 41.1 Å². The Labute approximate surface area is 386 Å². The van der Waals surface area contributed by atoms with Gasteiger partial charge in [-0.3, -0.25) is 4.79 Å². The number of nitrogens with zero attached hydrogens (tertiary/aromatic N) is 6. The van der Waals surface area contributed by atoms with Gasteiger partial charge in [0.25, 0.3) is 5.91 Å². The van der Waals surface area contributed by atoms with Crippen molar-refractivity contribution < 1.29 is 18.7 Å². The highest BCUT2D eigenvalue weighted by Gasteiger charge is 2.41. The van der Waals surface area contributed by atoms with Crippen LogP contribution >= 0.6 is 27.5 Å². The van der Waals surface area contributed by atoms with Crippen molar-refractivity contribution in [3.05, 3.63) is 177 Å². The van der Waals surface area contributed by atoms with Gasteiger partial charge in [-0.25, -0.2) is 9.78 Å². The second-order valence-electron chi connectivity index (χ2n) is 15.8. The zero-order valence-corrected chi connectivity index (χ0v) is 38.5. The summed E-state index contributed by atoms with van der Waals surface area (Å²) in [4.78, 5) is 34.1. The molecule has 0 bridgehead atoms. The Balaban J connectivity index is 1.29. The molecular formula is C51H49BrClN7O4. The molecular weight excluding hydrogens is 890 g/mol. The van der Waals surface area contributed by atoms with Gasteiger partial charge in [-0.2, -0.15) is 0 Å². The molecule has 0 unspecified atom stereocenters. The van der Waals surface area contributed by atoms with E-state index in [0.717, 1.165) is 67.4 Å². The van der Waals surface area contributed by atoms with Crippen molar-refractivity contribution in [3.8, 4) is 33.6 Å². The van der Waals surface area contributed by atoms with E-state index in [1.165, 1.54) is 0 Å². The number of carbonyl (C=O) groups excluding carboxylic acids is 2. The molecule has 1 aliphatic heterocycles. The number of halogens is 2. The van der Waals surface area contributed by atoms with Crippen LogP contribution in [0.4, 0.5) is 0 Å². The number of ether oxygens (including phenoxy) is 1. The molecule has 0 fully saturated rings. The lowest BCUT2D eigenvalue weighted by atomic mass is 9.77. The summed E-state index contributed by atoms with van der Waals surface area (Å²) in [6, 6.07) is 39.7. The Hall–Kier alpha value is -6.37. The molecule has 2 aromatic heterocycles. The monoisotopic (exact) mass is 937 g/mol. The predicted octanol–water partition coefficient (Wildman–Crippen LogP) is 11.3. The molecule has 4 aromatic carbocycles. The molecule has 13 heteroatoms. The van der Waals surface area contributed by atoms with Gasteiger partial charge in [0.05, 0.1) is 25.7 Å². The van der Waals surface area contributed by atoms with Crippen LogP contribution in [0.1, 0.15) is 85.5 Å². The van der Waals surface area contributed by atoms with E-state index in [1.54, 1.807) is 24.2 Å². The van der Waals surface area contributed by atoms with E-state index in [2.05, 4.69) is 64.6 Å². The number of aromatic nitrogens is 6. The van der Waals surface area contributed by atoms with Crippen LogP contribution in [-0.4, -0.2) is 54.3 Å². The Morgan fingerprint density at radius 1 is 0.828 bits per heavy atom. The van der Waals surface area contributed by atoms with Crippen molar-refractivity contribution in [1.82, 2.24) is 35.1 Å². The number of hydrogen-bond acceptors (Lipinski definition) is 8. The highest BCUT2D eigenvalue weighted by molar-refractivity contribution is 9.10. The number of rotatable bonds is 17. The van der Waals surface area contributed by atoms with Gasteiger partial charge in [-0.05, 0) is 79.9 Å². The minimum Gasteiger partial charge on any atom is -0.472 e. The van der Waals surface area contributed by atoms with Crippen molar-refractivity contribution in [3.63, 3.8) is 0 Å². The van der Waals surface area contributed by atoms with E-state index in [9.17, 15) is 9.59 Å². The molecule has 6 aromatic rings. The van der Waals surface area contributed by atoms with Crippen LogP contribution in [-0.2, 0) is 28.0 Å². The fourth-order valence-electron chi connectivity index (χ4n) is 8.54. The maximum atomic E-state index is 14.4. The molecule has 0 spiro atoms. The number of aryl methyl sites for hydroxylation is 1. The molecule has 2 aliphatic rings. The number of fused-ring (bicyclic) bond motifs is 1. The Bertz CT molecular complexity index is 2730. The average molecular weight is 939 g/mol. The largest absolute Gasteiger partial charge is 0.472 e. The molecule has 3 heterocycles. The summed E-state index contributed by atoms with van der Waals surface area (Å²) < 4.78 is 13.8. The number of hydrogen-bond donors (Lipinski definition) is 1. The van der Waals surface area contributed by atoms with E-state index < -0.39 is 23.5 Å². The SMILES string of the molecule is CCCCc1nc(Cl)c(C(=O)N[C@H](C(=O)OCC)[C@@H](C)CC)n1Cc1c2ccocc-2c(Br)c1-c1ccccc1-c1nnn(C(c2ccccc2)(c2ccccc2)c2ccccc2)n1. The molecule has 0 saturated carbocycles. The molecule has 8 rings (SSSR count). The van der Waals surface area contributed by atoms with Gasteiger partial charge < -0.3 is 19.0 Å². The number of benzene rings is 4. The number of tetrazole rings is 1. The first kappa shape index (κ1) is 44.2. The molecule has 1 N–H and O–H groups in total. The summed E-state index contributed by atoms with van der Waals surface area (Å²) in [6.45, 7) is 8.13. The highest BCUT2D eigenvalue weighted by atomic mass is 79.9. The minimum atomic E-state index is -0.972. The average Bonchev–Trinajstić information content (AvgIpc) is 4.02. The van der Waals surface area contributed by atoms with E-state index in [0.29, 0.717) is 24.5 Å². The third kappa shape index (κ3) is 8.28. The first-order valence-corrected chi connectivity index (χ1v) is 22.8. The Morgan fingerprint density at radius 3 is 2.03 bits per heavy atom. The summed E-state index contributed by atoms with van der Waals surface area (Å²) in [6.07, 6.45) is 6.30. The summed E-state index contributed by atoms with van der Waals surface area (Å²) in [5, 5.41) is 18.0. The quantitative estimate of drug-likeness (QED) is 0.0706. The summed E-state index contributed by atoms with van der Waals surface area (Å²) in [5.74, 6) is -0.122. The van der Waals surface area contributed by atoms with Crippen LogP contribution in [0.3, 0.4) is 0 Å². The van der Waals surface area contributed by atoms with Crippen LogP contribution in [0, 0.1) is 5.92 Å². The minimum absolute atomic E-state index is 0.0572. The van der Waals surface area contributed by atoms with Crippen molar-refractivity contribution in [2.75, 3.05) is 6.61 Å². The fraction of sp³-hybridized carbons (Fsp3) is 0.255. The van der Waals surface area contributed by atoms with Crippen LogP contribution < -0.4 is 5.32 Å². The smallest absolute Gasteiger partial charge is 0.328 e. The predicted molar refractivity (Wildman–Crippen MR) is 252 cm³/mol. The van der Waals surface area contributed by atoms with E-state index in [-0.39, 0.29) is 29.9 Å². The summed E-state index contributed by atoms with van der Waals surface area (Å²) in [7, 11) is 0. The molecule has 2 atom stereocenters. The highest BCUT2D eigenvalue weighted by Crippen LogP contribution is 2.49. The van der Waals surface area contributed by atoms with Gasteiger partial charge in [0.1, 0.15) is 17.6 Å². The first-order chi connectivity index (χ1) is 31.2. The molecule has 1 amide bonds. The fourth-order valence-corrected chi connectivity index (χ4v) is 9.59. The zero-order chi connectivity index (χ0) is 44.8. The topological polar surface area (TPSA) is 130 Å². The van der Waals surface area contributed by atoms with Gasteiger partial charge in [0.2, 0.25) is 5.82 Å². The molecule has 1 aliphatic carbocycles. The number of unbranched alkanes of at least 4 members (excludes halogenated alkanes) is 1. The molecule has 0 saturated heterocycles. The lowest BCUT2D eigenvalue weighted by Crippen LogP contribution is -2.46. The Morgan fingerprint density at radius 2 is 1.44 bits per heavy atom. The van der Waals surface area contributed by atoms with Gasteiger partial charge in [0.15, 0.2) is 10.7 Å². The standard InChI is InChI=1S/C51H49BrClN7O4/c1-5-8-28-42-54-47(53)46(49(61)55-45(33(4)6-2)50(62)64-7-3)59(42)31-40-37-29-30-63-32-41(37)44(52)43(40)38-26-18-19-27-39(38)48-56-58-60(57-48)51(34-20-12-9-13-21-34,35-22-14-10-15-23-35)36-24-16-11-17-25-36/h9-27,29-30,32-33,45H,5-8,28,31H2,1-4H3,(H,55,61)/t33-,45-/m0/s1. The second-order valence-corrected chi connectivity index (χ2v) is 16.9. The van der Waals surface area contributed by atoms with Crippen molar-refractivity contribution >= 4 is 39.4 Å². The van der Waals surface area contributed by atoms with Crippen LogP contribution in [0.25, 0.3) is 33.6 Å². The van der Waals surface area contributed by atoms with Gasteiger partial charge in [-0.1, -0.05) is 160 Å². The maximum Gasteiger partial charge on any atom is 0.328 e. The lowest BCUT2D eigenvalue weighted by Gasteiger charge is -2.34.